The molecule has 5 nitrogen and oxygen atoms in total. The maximum atomic E-state index is 11.4. The lowest BCUT2D eigenvalue weighted by atomic mass is 10.2. The summed E-state index contributed by atoms with van der Waals surface area (Å²) in [6.45, 7) is 4.01. The molecule has 78 valence electrons. The molecule has 0 spiro atoms. The molecule has 0 amide bonds. The van der Waals surface area contributed by atoms with Gasteiger partial charge in [0.05, 0.1) is 12.8 Å². The number of ether oxygens (including phenoxy) is 1. The van der Waals surface area contributed by atoms with Gasteiger partial charge in [-0.2, -0.15) is 5.10 Å². The van der Waals surface area contributed by atoms with Gasteiger partial charge in [-0.3, -0.25) is 5.10 Å². The number of esters is 1. The van der Waals surface area contributed by atoms with Gasteiger partial charge in [0.25, 0.3) is 0 Å². The second-order valence-corrected chi connectivity index (χ2v) is 3.16. The van der Waals surface area contributed by atoms with Crippen LogP contribution in [0.2, 0.25) is 0 Å². The molecule has 0 aliphatic rings. The lowest BCUT2D eigenvalue weighted by Gasteiger charge is -2.00. The van der Waals surface area contributed by atoms with Gasteiger partial charge in [-0.25, -0.2) is 9.78 Å². The summed E-state index contributed by atoms with van der Waals surface area (Å²) in [6, 6.07) is 1.69. The first kappa shape index (κ1) is 9.64. The Balaban J connectivity index is 2.45. The number of carbonyl (C=O) groups excluding carboxylic acids is 1. The Morgan fingerprint density at radius 1 is 1.60 bits per heavy atom. The van der Waals surface area contributed by atoms with Crippen molar-refractivity contribution in [3.63, 3.8) is 0 Å². The summed E-state index contributed by atoms with van der Waals surface area (Å²) in [4.78, 5) is 15.4. The molecular weight excluding hydrogens is 194 g/mol. The number of rotatable bonds is 2. The summed E-state index contributed by atoms with van der Waals surface area (Å²) >= 11 is 0. The second-order valence-electron chi connectivity index (χ2n) is 3.16. The first-order chi connectivity index (χ1) is 7.22. The van der Waals surface area contributed by atoms with Crippen molar-refractivity contribution in [3.05, 3.63) is 23.7 Å². The Kier molecular flexibility index (Phi) is 2.37. The first-order valence-corrected chi connectivity index (χ1v) is 4.70. The Morgan fingerprint density at radius 3 is 3.13 bits per heavy atom. The predicted octanol–water partition coefficient (Wildman–Crippen LogP) is 1.44. The third kappa shape index (κ3) is 1.68. The number of H-pyrrole nitrogens is 1. The maximum Gasteiger partial charge on any atom is 0.356 e. The van der Waals surface area contributed by atoms with E-state index in [1.165, 1.54) is 0 Å². The van der Waals surface area contributed by atoms with Crippen LogP contribution in [0.3, 0.4) is 0 Å². The fourth-order valence-corrected chi connectivity index (χ4v) is 1.36. The molecule has 0 radical (unpaired) electrons. The van der Waals surface area contributed by atoms with Gasteiger partial charge in [-0.05, 0) is 19.9 Å². The van der Waals surface area contributed by atoms with Crippen LogP contribution in [0.4, 0.5) is 0 Å². The van der Waals surface area contributed by atoms with Gasteiger partial charge in [0.2, 0.25) is 0 Å². The lowest BCUT2D eigenvalue weighted by Crippen LogP contribution is -2.06. The largest absolute Gasteiger partial charge is 0.461 e. The molecule has 5 heteroatoms. The summed E-state index contributed by atoms with van der Waals surface area (Å²) in [5.74, 6) is -0.403. The highest BCUT2D eigenvalue weighted by Gasteiger charge is 2.10. The summed E-state index contributed by atoms with van der Waals surface area (Å²) in [5, 5.41) is 7.75. The topological polar surface area (TPSA) is 67.9 Å². The van der Waals surface area contributed by atoms with Crippen LogP contribution in [-0.2, 0) is 4.74 Å². The van der Waals surface area contributed by atoms with Crippen LogP contribution in [0, 0.1) is 6.92 Å². The van der Waals surface area contributed by atoms with Crippen molar-refractivity contribution >= 4 is 16.9 Å². The summed E-state index contributed by atoms with van der Waals surface area (Å²) in [7, 11) is 0. The molecule has 0 atom stereocenters. The molecule has 0 saturated heterocycles. The zero-order valence-electron chi connectivity index (χ0n) is 8.57. The smallest absolute Gasteiger partial charge is 0.356 e. The molecule has 2 rings (SSSR count). The normalized spacial score (nSPS) is 10.5. The van der Waals surface area contributed by atoms with E-state index >= 15 is 0 Å². The molecule has 2 heterocycles. The minimum atomic E-state index is -0.403. The molecule has 2 aromatic heterocycles. The number of fused-ring (bicyclic) bond motifs is 1. The Labute approximate surface area is 86.5 Å². The highest BCUT2D eigenvalue weighted by atomic mass is 16.5. The van der Waals surface area contributed by atoms with Gasteiger partial charge in [-0.1, -0.05) is 0 Å². The van der Waals surface area contributed by atoms with Gasteiger partial charge in [-0.15, -0.1) is 0 Å². The molecular formula is C10H11N3O2. The Hall–Kier alpha value is -1.91. The molecule has 0 bridgehead atoms. The fourth-order valence-electron chi connectivity index (χ4n) is 1.36. The lowest BCUT2D eigenvalue weighted by molar-refractivity contribution is 0.0520. The minimum Gasteiger partial charge on any atom is -0.461 e. The van der Waals surface area contributed by atoms with E-state index in [2.05, 4.69) is 15.2 Å². The van der Waals surface area contributed by atoms with E-state index < -0.39 is 5.97 Å². The molecule has 0 aliphatic carbocycles. The third-order valence-corrected chi connectivity index (χ3v) is 2.12. The van der Waals surface area contributed by atoms with Crippen LogP contribution in [0.1, 0.15) is 23.1 Å². The predicted molar refractivity (Wildman–Crippen MR) is 54.6 cm³/mol. The van der Waals surface area contributed by atoms with Crippen molar-refractivity contribution in [2.24, 2.45) is 0 Å². The number of aromatic nitrogens is 3. The van der Waals surface area contributed by atoms with Crippen molar-refractivity contribution in [3.8, 4) is 0 Å². The van der Waals surface area contributed by atoms with Gasteiger partial charge >= 0.3 is 5.97 Å². The molecule has 15 heavy (non-hydrogen) atoms. The number of carbonyl (C=O) groups is 1. The number of hydrogen-bond acceptors (Lipinski definition) is 4. The van der Waals surface area contributed by atoms with Crippen LogP contribution in [-0.4, -0.2) is 27.8 Å². The van der Waals surface area contributed by atoms with Crippen LogP contribution >= 0.6 is 0 Å². The van der Waals surface area contributed by atoms with Crippen molar-refractivity contribution < 1.29 is 9.53 Å². The number of hydrogen-bond donors (Lipinski definition) is 1. The van der Waals surface area contributed by atoms with Crippen molar-refractivity contribution in [2.75, 3.05) is 6.61 Å². The van der Waals surface area contributed by atoms with E-state index in [0.717, 1.165) is 16.6 Å². The average Bonchev–Trinajstić information content (AvgIpc) is 2.60. The Morgan fingerprint density at radius 2 is 2.40 bits per heavy atom. The van der Waals surface area contributed by atoms with Crippen molar-refractivity contribution in [2.45, 2.75) is 13.8 Å². The van der Waals surface area contributed by atoms with Crippen LogP contribution in [0.25, 0.3) is 10.9 Å². The SMILES string of the molecule is CCOC(=O)c1cc2c(C)[nH]nc2cn1. The third-order valence-electron chi connectivity index (χ3n) is 2.12. The van der Waals surface area contributed by atoms with Crippen molar-refractivity contribution in [1.29, 1.82) is 0 Å². The molecule has 2 aromatic rings. The molecule has 0 aromatic carbocycles. The van der Waals surface area contributed by atoms with Gasteiger partial charge in [0, 0.05) is 11.1 Å². The minimum absolute atomic E-state index is 0.314. The zero-order chi connectivity index (χ0) is 10.8. The van der Waals surface area contributed by atoms with E-state index in [0.29, 0.717) is 12.3 Å². The van der Waals surface area contributed by atoms with Gasteiger partial charge < -0.3 is 4.74 Å². The average molecular weight is 205 g/mol. The van der Waals surface area contributed by atoms with E-state index in [4.69, 9.17) is 4.74 Å². The summed E-state index contributed by atoms with van der Waals surface area (Å²) < 4.78 is 4.86. The van der Waals surface area contributed by atoms with Crippen molar-refractivity contribution in [1.82, 2.24) is 15.2 Å². The number of aryl methyl sites for hydroxylation is 1. The number of pyridine rings is 1. The maximum absolute atomic E-state index is 11.4. The van der Waals surface area contributed by atoms with E-state index in [1.54, 1.807) is 19.2 Å². The number of nitrogens with one attached hydrogen (secondary N) is 1. The van der Waals surface area contributed by atoms with Crippen LogP contribution < -0.4 is 0 Å². The van der Waals surface area contributed by atoms with Gasteiger partial charge in [0.1, 0.15) is 11.2 Å². The standard InChI is InChI=1S/C10H11N3O2/c1-3-15-10(14)8-4-7-6(2)12-13-9(7)5-11-8/h4-5H,3H2,1-2H3,(H,12,13). The van der Waals surface area contributed by atoms with Gasteiger partial charge in [0.15, 0.2) is 0 Å². The zero-order valence-corrected chi connectivity index (χ0v) is 8.57. The molecule has 0 saturated carbocycles. The van der Waals surface area contributed by atoms with Crippen LogP contribution in [0.5, 0.6) is 0 Å². The highest BCUT2D eigenvalue weighted by molar-refractivity contribution is 5.92. The summed E-state index contributed by atoms with van der Waals surface area (Å²) in [6.07, 6.45) is 1.56. The molecule has 0 fully saturated rings. The van der Waals surface area contributed by atoms with E-state index in [-0.39, 0.29) is 0 Å². The van der Waals surface area contributed by atoms with E-state index in [9.17, 15) is 4.79 Å². The summed E-state index contributed by atoms with van der Waals surface area (Å²) in [5.41, 5.74) is 1.98. The fraction of sp³-hybridized carbons (Fsp3) is 0.300. The second kappa shape index (κ2) is 3.68. The van der Waals surface area contributed by atoms with Crippen LogP contribution in [0.15, 0.2) is 12.3 Å². The first-order valence-electron chi connectivity index (χ1n) is 4.70. The van der Waals surface area contributed by atoms with E-state index in [1.807, 2.05) is 6.92 Å². The quantitative estimate of drug-likeness (QED) is 0.753. The molecule has 0 aliphatic heterocycles. The number of nitrogens with zero attached hydrogens (tertiary/aromatic N) is 2. The number of aromatic amines is 1. The monoisotopic (exact) mass is 205 g/mol. The molecule has 1 N–H and O–H groups in total. The molecule has 0 unspecified atom stereocenters. The highest BCUT2D eigenvalue weighted by Crippen LogP contribution is 2.15. The Bertz CT molecular complexity index is 504.